The minimum absolute atomic E-state index is 0. The van der Waals surface area contributed by atoms with Crippen LogP contribution in [0.25, 0.3) is 5.90 Å². The Kier molecular flexibility index (Phi) is 10.6. The Morgan fingerprint density at radius 3 is 1.88 bits per heavy atom. The van der Waals surface area contributed by atoms with Crippen molar-refractivity contribution >= 4 is 0 Å². The van der Waals surface area contributed by atoms with E-state index in [1.807, 2.05) is 0 Å². The molecule has 1 aliphatic rings. The van der Waals surface area contributed by atoms with Crippen LogP contribution in [0.1, 0.15) is 54.4 Å². The number of hydrogen-bond acceptors (Lipinski definition) is 1. The molecule has 1 rings (SSSR count). The first-order valence-electron chi connectivity index (χ1n) is 5.95. The van der Waals surface area contributed by atoms with Crippen molar-refractivity contribution < 1.29 is 30.7 Å². The monoisotopic (exact) mass is 403 g/mol. The van der Waals surface area contributed by atoms with Gasteiger partial charge in [0.25, 0.3) is 0 Å². The summed E-state index contributed by atoms with van der Waals surface area (Å²) in [5.74, 6) is 6.21. The molecule has 1 aliphatic carbocycles. The summed E-state index contributed by atoms with van der Waals surface area (Å²) < 4.78 is 0. The molecule has 0 aliphatic heterocycles. The minimum Gasteiger partial charge on any atom is -0.549 e. The zero-order valence-corrected chi connectivity index (χ0v) is 15.6. The summed E-state index contributed by atoms with van der Waals surface area (Å²) in [6.45, 7) is 13.6. The SMILES string of the molecule is CC1=[C-]C(C)(C)C(C)=C1C.CCCCO[NH-].[Hf]. The molecule has 0 unspecified atom stereocenters. The molecule has 3 heteroatoms. The number of allylic oxidation sites excluding steroid dienone is 4. The van der Waals surface area contributed by atoms with Crippen LogP contribution in [0.5, 0.6) is 0 Å². The van der Waals surface area contributed by atoms with Crippen LogP contribution in [0.4, 0.5) is 0 Å². The Morgan fingerprint density at radius 1 is 1.24 bits per heavy atom. The summed E-state index contributed by atoms with van der Waals surface area (Å²) in [5.41, 5.74) is 4.39. The van der Waals surface area contributed by atoms with Crippen molar-refractivity contribution in [2.24, 2.45) is 5.41 Å². The third-order valence-electron chi connectivity index (χ3n) is 3.16. The van der Waals surface area contributed by atoms with Gasteiger partial charge in [0, 0.05) is 32.5 Å². The van der Waals surface area contributed by atoms with E-state index >= 15 is 0 Å². The molecule has 0 saturated carbocycles. The van der Waals surface area contributed by atoms with Crippen molar-refractivity contribution in [1.82, 2.24) is 0 Å². The van der Waals surface area contributed by atoms with Gasteiger partial charge in [-0.2, -0.15) is 11.1 Å². The topological polar surface area (TPSA) is 33.0 Å². The van der Waals surface area contributed by atoms with Crippen LogP contribution in [-0.4, -0.2) is 6.61 Å². The van der Waals surface area contributed by atoms with Gasteiger partial charge in [0.05, 0.1) is 0 Å². The quantitative estimate of drug-likeness (QED) is 0.287. The maximum Gasteiger partial charge on any atom is 0.0243 e. The van der Waals surface area contributed by atoms with Crippen LogP contribution in [0.15, 0.2) is 16.7 Å². The van der Waals surface area contributed by atoms with Crippen molar-refractivity contribution in [2.75, 3.05) is 6.61 Å². The van der Waals surface area contributed by atoms with E-state index in [1.165, 1.54) is 16.7 Å². The Balaban J connectivity index is 0. The summed E-state index contributed by atoms with van der Waals surface area (Å²) in [4.78, 5) is 4.03. The van der Waals surface area contributed by atoms with E-state index in [-0.39, 0.29) is 31.3 Å². The van der Waals surface area contributed by atoms with Gasteiger partial charge in [-0.15, -0.1) is 6.92 Å². The van der Waals surface area contributed by atoms with Gasteiger partial charge in [-0.1, -0.05) is 46.5 Å². The molecule has 0 amide bonds. The Morgan fingerprint density at radius 2 is 1.76 bits per heavy atom. The van der Waals surface area contributed by atoms with Crippen molar-refractivity contribution in [3.63, 3.8) is 0 Å². The first kappa shape index (κ1) is 19.6. The number of unbranched alkanes of at least 4 members (excludes halogenated alkanes) is 1. The van der Waals surface area contributed by atoms with Crippen LogP contribution < -0.4 is 0 Å². The third-order valence-corrected chi connectivity index (χ3v) is 3.16. The van der Waals surface area contributed by atoms with Crippen molar-refractivity contribution in [1.29, 1.82) is 0 Å². The average Bonchev–Trinajstić information content (AvgIpc) is 2.40. The van der Waals surface area contributed by atoms with Gasteiger partial charge in [-0.25, -0.2) is 5.57 Å². The van der Waals surface area contributed by atoms with Crippen molar-refractivity contribution in [3.05, 3.63) is 28.7 Å². The number of nitrogens with one attached hydrogen (secondary N) is 1. The molecule has 0 saturated heterocycles. The summed E-state index contributed by atoms with van der Waals surface area (Å²) in [6, 6.07) is 0. The molecule has 2 nitrogen and oxygen atoms in total. The molecular formula is C14H25HfNO-2. The van der Waals surface area contributed by atoms with E-state index in [1.54, 1.807) is 0 Å². The summed E-state index contributed by atoms with van der Waals surface area (Å²) >= 11 is 0. The zero-order valence-electron chi connectivity index (χ0n) is 12.0. The molecule has 0 fully saturated rings. The predicted octanol–water partition coefficient (Wildman–Crippen LogP) is 4.88. The fraction of sp³-hybridized carbons (Fsp3) is 0.714. The van der Waals surface area contributed by atoms with E-state index in [0.29, 0.717) is 6.61 Å². The fourth-order valence-corrected chi connectivity index (χ4v) is 1.62. The van der Waals surface area contributed by atoms with Crippen LogP contribution in [0, 0.1) is 11.5 Å². The molecule has 17 heavy (non-hydrogen) atoms. The van der Waals surface area contributed by atoms with Crippen molar-refractivity contribution in [3.8, 4) is 0 Å². The zero-order chi connectivity index (χ0) is 12.8. The van der Waals surface area contributed by atoms with E-state index in [9.17, 15) is 0 Å². The van der Waals surface area contributed by atoms with Gasteiger partial charge in [-0.05, 0) is 6.42 Å². The minimum atomic E-state index is 0. The Bertz CT molecular complexity index is 276. The molecule has 0 atom stereocenters. The second kappa shape index (κ2) is 9.23. The number of hydrogen-bond donors (Lipinski definition) is 0. The molecular weight excluding hydrogens is 377 g/mol. The van der Waals surface area contributed by atoms with Gasteiger partial charge in [0.2, 0.25) is 0 Å². The van der Waals surface area contributed by atoms with Gasteiger partial charge in [0.15, 0.2) is 0 Å². The average molecular weight is 402 g/mol. The van der Waals surface area contributed by atoms with E-state index in [4.69, 9.17) is 5.90 Å². The van der Waals surface area contributed by atoms with Gasteiger partial charge in [0.1, 0.15) is 0 Å². The molecule has 0 aromatic rings. The summed E-state index contributed by atoms with van der Waals surface area (Å²) in [5, 5.41) is 0. The third kappa shape index (κ3) is 6.68. The van der Waals surface area contributed by atoms with E-state index in [0.717, 1.165) is 12.8 Å². The maximum atomic E-state index is 6.21. The van der Waals surface area contributed by atoms with E-state index < -0.39 is 0 Å². The standard InChI is InChI=1S/C10H15.C4H10NO.Hf/c1-7-6-10(4,5)9(3)8(7)2;1-2-3-4-6-5;/h1-5H3;5H,2-4H2,1H3;/q2*-1;. The molecule has 0 heterocycles. The normalized spacial score (nSPS) is 17.0. The largest absolute Gasteiger partial charge is 0.549 e. The van der Waals surface area contributed by atoms with Gasteiger partial charge in [-0.3, -0.25) is 6.08 Å². The molecule has 0 radical (unpaired) electrons. The van der Waals surface area contributed by atoms with Crippen LogP contribution in [0.3, 0.4) is 0 Å². The molecule has 1 N–H and O–H groups in total. The van der Waals surface area contributed by atoms with Crippen LogP contribution >= 0.6 is 0 Å². The number of rotatable bonds is 3. The van der Waals surface area contributed by atoms with Crippen molar-refractivity contribution in [2.45, 2.75) is 54.4 Å². The molecule has 98 valence electrons. The predicted molar refractivity (Wildman–Crippen MR) is 69.8 cm³/mol. The van der Waals surface area contributed by atoms with Gasteiger partial charge >= 0.3 is 0 Å². The fourth-order valence-electron chi connectivity index (χ4n) is 1.62. The van der Waals surface area contributed by atoms with E-state index in [2.05, 4.69) is 52.5 Å². The summed E-state index contributed by atoms with van der Waals surface area (Å²) in [7, 11) is 0. The second-order valence-corrected chi connectivity index (χ2v) is 4.83. The van der Waals surface area contributed by atoms with Gasteiger partial charge < -0.3 is 10.7 Å². The maximum absolute atomic E-state index is 6.21. The Labute approximate surface area is 125 Å². The first-order chi connectivity index (χ1) is 7.36. The first-order valence-corrected chi connectivity index (χ1v) is 5.95. The van der Waals surface area contributed by atoms with Crippen LogP contribution in [-0.2, 0) is 30.7 Å². The Hall–Kier alpha value is 0.270. The molecule has 0 bridgehead atoms. The molecule has 0 aromatic heterocycles. The second-order valence-electron chi connectivity index (χ2n) is 4.83. The smallest absolute Gasteiger partial charge is 0.0243 e. The molecule has 0 aromatic carbocycles. The summed E-state index contributed by atoms with van der Waals surface area (Å²) in [6.07, 6.45) is 5.55. The molecule has 0 spiro atoms. The van der Waals surface area contributed by atoms with Crippen LogP contribution in [0.2, 0.25) is 0 Å².